The molecule has 0 saturated carbocycles. The van der Waals surface area contributed by atoms with Crippen molar-refractivity contribution in [3.63, 3.8) is 0 Å². The molecule has 35 heavy (non-hydrogen) atoms. The lowest BCUT2D eigenvalue weighted by molar-refractivity contribution is -0.386. The summed E-state index contributed by atoms with van der Waals surface area (Å²) < 4.78 is 6.28. The second kappa shape index (κ2) is 9.74. The number of fused-ring (bicyclic) bond motifs is 1. The van der Waals surface area contributed by atoms with Crippen molar-refractivity contribution in [1.82, 2.24) is 9.66 Å². The van der Waals surface area contributed by atoms with Crippen LogP contribution in [0, 0.1) is 10.1 Å². The lowest BCUT2D eigenvalue weighted by atomic mass is 10.2. The molecule has 0 radical (unpaired) electrons. The van der Waals surface area contributed by atoms with Crippen LogP contribution >= 0.6 is 11.6 Å². The molecule has 0 spiro atoms. The van der Waals surface area contributed by atoms with Crippen LogP contribution in [0.5, 0.6) is 5.75 Å². The number of nitro benzene ring substituents is 1. The third-order valence-corrected chi connectivity index (χ3v) is 5.27. The van der Waals surface area contributed by atoms with Gasteiger partial charge < -0.3 is 9.84 Å². The zero-order chi connectivity index (χ0) is 25.1. The summed E-state index contributed by atoms with van der Waals surface area (Å²) in [6, 6.07) is 18.3. The van der Waals surface area contributed by atoms with E-state index in [2.05, 4.69) is 10.1 Å². The molecule has 10 nitrogen and oxygen atoms in total. The molecule has 3 aromatic carbocycles. The van der Waals surface area contributed by atoms with Crippen molar-refractivity contribution in [1.29, 1.82) is 0 Å². The molecule has 11 heteroatoms. The standard InChI is InChI=1S/C24H17ClN4O6/c1-14(24(31)32)35-21-18(25)11-15(12-20(21)29(33)34)13-26-28-22(16-7-3-2-4-8-16)27-19-10-6-5-9-17(19)23(28)30/h2-14H,1H3,(H,31,32)/t14-/m1/s1. The molecule has 4 rings (SSSR count). The molecule has 0 saturated heterocycles. The molecule has 0 fully saturated rings. The maximum Gasteiger partial charge on any atom is 0.344 e. The summed E-state index contributed by atoms with van der Waals surface area (Å²) in [6.45, 7) is 1.22. The van der Waals surface area contributed by atoms with E-state index in [1.165, 1.54) is 19.2 Å². The molecule has 0 aliphatic heterocycles. The van der Waals surface area contributed by atoms with E-state index in [4.69, 9.17) is 21.4 Å². The van der Waals surface area contributed by atoms with E-state index in [0.29, 0.717) is 16.5 Å². The average Bonchev–Trinajstić information content (AvgIpc) is 2.85. The molecular weight excluding hydrogens is 476 g/mol. The van der Waals surface area contributed by atoms with Crippen molar-refractivity contribution in [2.75, 3.05) is 0 Å². The van der Waals surface area contributed by atoms with E-state index in [9.17, 15) is 19.7 Å². The molecule has 0 unspecified atom stereocenters. The smallest absolute Gasteiger partial charge is 0.344 e. The maximum atomic E-state index is 13.2. The van der Waals surface area contributed by atoms with Crippen molar-refractivity contribution < 1.29 is 19.6 Å². The Bertz CT molecular complexity index is 1530. The lowest BCUT2D eigenvalue weighted by Gasteiger charge is -2.12. The fraction of sp³-hybridized carbons (Fsp3) is 0.0833. The van der Waals surface area contributed by atoms with Crippen molar-refractivity contribution in [2.45, 2.75) is 13.0 Å². The predicted octanol–water partition coefficient (Wildman–Crippen LogP) is 4.36. The van der Waals surface area contributed by atoms with Crippen LogP contribution in [0.4, 0.5) is 5.69 Å². The minimum atomic E-state index is -1.36. The maximum absolute atomic E-state index is 13.2. The van der Waals surface area contributed by atoms with Crippen LogP contribution in [-0.2, 0) is 4.79 Å². The third-order valence-electron chi connectivity index (χ3n) is 4.99. The van der Waals surface area contributed by atoms with Gasteiger partial charge in [0.25, 0.3) is 5.56 Å². The van der Waals surface area contributed by atoms with Crippen LogP contribution in [0.1, 0.15) is 12.5 Å². The molecule has 0 aliphatic rings. The molecule has 176 valence electrons. The number of aliphatic carboxylic acids is 1. The predicted molar refractivity (Wildman–Crippen MR) is 130 cm³/mol. The van der Waals surface area contributed by atoms with Crippen LogP contribution in [0.3, 0.4) is 0 Å². The van der Waals surface area contributed by atoms with Gasteiger partial charge >= 0.3 is 11.7 Å². The molecule has 4 aromatic rings. The number of ether oxygens (including phenoxy) is 1. The Hall–Kier alpha value is -4.57. The summed E-state index contributed by atoms with van der Waals surface area (Å²) in [7, 11) is 0. The van der Waals surface area contributed by atoms with Gasteiger partial charge in [-0.2, -0.15) is 9.78 Å². The highest BCUT2D eigenvalue weighted by atomic mass is 35.5. The largest absolute Gasteiger partial charge is 0.479 e. The van der Waals surface area contributed by atoms with Crippen LogP contribution in [-0.4, -0.2) is 38.0 Å². The summed E-state index contributed by atoms with van der Waals surface area (Å²) in [5, 5.41) is 25.1. The minimum absolute atomic E-state index is 0.180. The van der Waals surface area contributed by atoms with Crippen molar-refractivity contribution >= 4 is 40.4 Å². The number of hydrogen-bond donors (Lipinski definition) is 1. The zero-order valence-electron chi connectivity index (χ0n) is 18.2. The first-order valence-corrected chi connectivity index (χ1v) is 10.6. The number of carbonyl (C=O) groups is 1. The number of para-hydroxylation sites is 1. The van der Waals surface area contributed by atoms with Gasteiger partial charge in [-0.3, -0.25) is 14.9 Å². The van der Waals surface area contributed by atoms with E-state index in [-0.39, 0.29) is 22.2 Å². The molecule has 1 heterocycles. The van der Waals surface area contributed by atoms with Gasteiger partial charge in [0, 0.05) is 17.2 Å². The Balaban J connectivity index is 1.84. The molecule has 1 N–H and O–H groups in total. The Kier molecular flexibility index (Phi) is 6.56. The fourth-order valence-corrected chi connectivity index (χ4v) is 3.55. The van der Waals surface area contributed by atoms with Gasteiger partial charge in [-0.05, 0) is 25.1 Å². The van der Waals surface area contributed by atoms with Gasteiger partial charge in [0.05, 0.1) is 27.1 Å². The van der Waals surface area contributed by atoms with Gasteiger partial charge in [-0.15, -0.1) is 0 Å². The van der Waals surface area contributed by atoms with Crippen molar-refractivity contribution in [3.05, 3.63) is 97.8 Å². The van der Waals surface area contributed by atoms with Crippen LogP contribution < -0.4 is 10.3 Å². The van der Waals surface area contributed by atoms with E-state index in [1.807, 2.05) is 6.07 Å². The molecule has 0 amide bonds. The van der Waals surface area contributed by atoms with Gasteiger partial charge in [-0.1, -0.05) is 54.1 Å². The summed E-state index contributed by atoms with van der Waals surface area (Å²) >= 11 is 6.18. The fourth-order valence-electron chi connectivity index (χ4n) is 3.28. The Morgan fingerprint density at radius 3 is 2.57 bits per heavy atom. The monoisotopic (exact) mass is 492 g/mol. The molecule has 0 aliphatic carbocycles. The Labute approximate surface area is 202 Å². The summed E-state index contributed by atoms with van der Waals surface area (Å²) in [4.78, 5) is 39.8. The number of rotatable bonds is 7. The lowest BCUT2D eigenvalue weighted by Crippen LogP contribution is -2.23. The van der Waals surface area contributed by atoms with E-state index >= 15 is 0 Å². The minimum Gasteiger partial charge on any atom is -0.479 e. The Morgan fingerprint density at radius 1 is 1.20 bits per heavy atom. The van der Waals surface area contributed by atoms with Crippen molar-refractivity contribution in [2.24, 2.45) is 5.10 Å². The quantitative estimate of drug-likeness (QED) is 0.230. The first-order valence-electron chi connectivity index (χ1n) is 10.2. The highest BCUT2D eigenvalue weighted by Gasteiger charge is 2.24. The van der Waals surface area contributed by atoms with Crippen molar-refractivity contribution in [3.8, 4) is 17.1 Å². The normalized spacial score (nSPS) is 12.1. The molecule has 0 bridgehead atoms. The van der Waals surface area contributed by atoms with Crippen LogP contribution in [0.25, 0.3) is 22.3 Å². The van der Waals surface area contributed by atoms with Crippen LogP contribution in [0.2, 0.25) is 5.02 Å². The van der Waals surface area contributed by atoms with Crippen LogP contribution in [0.15, 0.2) is 76.6 Å². The first kappa shape index (κ1) is 23.6. The Morgan fingerprint density at radius 2 is 1.89 bits per heavy atom. The highest BCUT2D eigenvalue weighted by Crippen LogP contribution is 2.36. The third kappa shape index (κ3) is 4.87. The number of benzene rings is 3. The number of halogens is 1. The van der Waals surface area contributed by atoms with Gasteiger partial charge in [-0.25, -0.2) is 9.78 Å². The number of nitro groups is 1. The van der Waals surface area contributed by atoms with Gasteiger partial charge in [0.15, 0.2) is 11.9 Å². The zero-order valence-corrected chi connectivity index (χ0v) is 18.9. The average molecular weight is 493 g/mol. The van der Waals surface area contributed by atoms with Gasteiger partial charge in [0.2, 0.25) is 5.75 Å². The number of hydrogen-bond acceptors (Lipinski definition) is 7. The van der Waals surface area contributed by atoms with E-state index < -0.39 is 28.2 Å². The van der Waals surface area contributed by atoms with E-state index in [1.54, 1.807) is 48.5 Å². The molecule has 1 atom stereocenters. The number of aromatic nitrogens is 2. The second-order valence-corrected chi connectivity index (χ2v) is 7.79. The second-order valence-electron chi connectivity index (χ2n) is 7.39. The molecular formula is C24H17ClN4O6. The summed E-state index contributed by atoms with van der Waals surface area (Å²) in [5.74, 6) is -1.41. The molecule has 1 aromatic heterocycles. The first-order chi connectivity index (χ1) is 16.8. The SMILES string of the molecule is C[C@@H](Oc1c(Cl)cc(C=Nn2c(-c3ccccc3)nc3ccccc3c2=O)cc1[N+](=O)[O-])C(=O)O. The van der Waals surface area contributed by atoms with Gasteiger partial charge in [0.1, 0.15) is 0 Å². The topological polar surface area (TPSA) is 137 Å². The highest BCUT2D eigenvalue weighted by molar-refractivity contribution is 6.32. The van der Waals surface area contributed by atoms with E-state index in [0.717, 1.165) is 10.7 Å². The number of carboxylic acids is 1. The summed E-state index contributed by atoms with van der Waals surface area (Å²) in [6.07, 6.45) is -0.130. The number of carboxylic acid groups (broad SMARTS) is 1. The number of nitrogens with zero attached hydrogens (tertiary/aromatic N) is 4. The summed E-state index contributed by atoms with van der Waals surface area (Å²) in [5.41, 5.74) is 0.357.